The summed E-state index contributed by atoms with van der Waals surface area (Å²) >= 11 is 0. The molecule has 0 radical (unpaired) electrons. The number of carbonyl (C=O) groups is 2. The Hall–Kier alpha value is -1.06. The molecular weight excluding hydrogens is 472 g/mol. The molecule has 224 valence electrons. The predicted molar refractivity (Wildman–Crippen MR) is 160 cm³/mol. The molecule has 0 bridgehead atoms. The molecule has 0 amide bonds. The van der Waals surface area contributed by atoms with Gasteiger partial charge in [-0.3, -0.25) is 9.59 Å². The fraction of sp³-hybridized carbons (Fsp3) is 0.941. The maximum atomic E-state index is 12.5. The van der Waals surface area contributed by atoms with Crippen LogP contribution in [0.15, 0.2) is 0 Å². The Balaban J connectivity index is 2.11. The second kappa shape index (κ2) is 19.9. The lowest BCUT2D eigenvalue weighted by Crippen LogP contribution is -2.28. The molecular formula is C34H64O4. The van der Waals surface area contributed by atoms with Crippen LogP contribution in [0, 0.1) is 22.7 Å². The molecule has 0 heterocycles. The lowest BCUT2D eigenvalue weighted by atomic mass is 9.82. The summed E-state index contributed by atoms with van der Waals surface area (Å²) < 4.78 is 11.2. The van der Waals surface area contributed by atoms with Crippen molar-refractivity contribution in [3.63, 3.8) is 0 Å². The van der Waals surface area contributed by atoms with Gasteiger partial charge in [0.15, 0.2) is 0 Å². The zero-order valence-electron chi connectivity index (χ0n) is 26.3. The molecule has 4 nitrogen and oxygen atoms in total. The van der Waals surface area contributed by atoms with Gasteiger partial charge in [-0.1, -0.05) is 92.9 Å². The van der Waals surface area contributed by atoms with Gasteiger partial charge in [0.25, 0.3) is 0 Å². The fourth-order valence-corrected chi connectivity index (χ4v) is 5.87. The van der Waals surface area contributed by atoms with E-state index in [1.165, 1.54) is 77.0 Å². The lowest BCUT2D eigenvalue weighted by molar-refractivity contribution is -0.155. The van der Waals surface area contributed by atoms with E-state index >= 15 is 0 Å². The van der Waals surface area contributed by atoms with Gasteiger partial charge in [0.1, 0.15) is 0 Å². The van der Waals surface area contributed by atoms with Crippen molar-refractivity contribution in [2.24, 2.45) is 22.7 Å². The molecule has 0 saturated heterocycles. The van der Waals surface area contributed by atoms with Gasteiger partial charge in [0.2, 0.25) is 0 Å². The molecule has 1 rings (SSSR count). The zero-order valence-corrected chi connectivity index (χ0v) is 26.3. The van der Waals surface area contributed by atoms with Gasteiger partial charge in [-0.25, -0.2) is 0 Å². The second-order valence-electron chi connectivity index (χ2n) is 13.7. The summed E-state index contributed by atoms with van der Waals surface area (Å²) in [5.41, 5.74) is 0.768. The Morgan fingerprint density at radius 2 is 0.842 bits per heavy atom. The first-order valence-electron chi connectivity index (χ1n) is 16.4. The maximum absolute atomic E-state index is 12.5. The van der Waals surface area contributed by atoms with Crippen molar-refractivity contribution in [3.8, 4) is 0 Å². The van der Waals surface area contributed by atoms with Crippen molar-refractivity contribution in [3.05, 3.63) is 0 Å². The molecule has 0 aliphatic heterocycles. The van der Waals surface area contributed by atoms with Crippen molar-refractivity contribution < 1.29 is 19.1 Å². The minimum atomic E-state index is -0.0621. The van der Waals surface area contributed by atoms with E-state index in [1.807, 2.05) is 0 Å². The number of unbranched alkanes of at least 4 members (excludes halogenated alkanes) is 8. The normalized spacial score (nSPS) is 18.4. The van der Waals surface area contributed by atoms with E-state index < -0.39 is 0 Å². The highest BCUT2D eigenvalue weighted by atomic mass is 16.5. The minimum absolute atomic E-state index is 0.0476. The molecule has 1 fully saturated rings. The molecule has 0 spiro atoms. The molecule has 1 aliphatic rings. The summed E-state index contributed by atoms with van der Waals surface area (Å²) in [5.74, 6) is -0.219. The van der Waals surface area contributed by atoms with E-state index in [0.717, 1.165) is 51.4 Å². The summed E-state index contributed by atoms with van der Waals surface area (Å²) in [6, 6.07) is 0. The standard InChI is InChI=1S/C34H64O4/c1-7-9-11-13-23-33(3,4)25-15-17-27-37-31(35)29-19-21-30(22-20-29)32(36)38-28-18-16-26-34(5,6)24-14-12-10-8-2/h29-30H,7-28H2,1-6H3. The number of hydrogen-bond acceptors (Lipinski definition) is 4. The molecule has 0 aromatic rings. The fourth-order valence-electron chi connectivity index (χ4n) is 5.87. The average Bonchev–Trinajstić information content (AvgIpc) is 2.88. The Morgan fingerprint density at radius 3 is 1.16 bits per heavy atom. The SMILES string of the molecule is CCCCCCC(C)(C)CCCCOC(=O)C1CCC(C(=O)OCCCCC(C)(C)CCCCCC)CC1. The van der Waals surface area contributed by atoms with Gasteiger partial charge in [0.05, 0.1) is 25.0 Å². The number of ether oxygens (including phenoxy) is 2. The van der Waals surface area contributed by atoms with Crippen LogP contribution >= 0.6 is 0 Å². The smallest absolute Gasteiger partial charge is 0.308 e. The number of rotatable bonds is 22. The monoisotopic (exact) mass is 536 g/mol. The quantitative estimate of drug-likeness (QED) is 0.102. The molecule has 0 N–H and O–H groups in total. The van der Waals surface area contributed by atoms with Crippen molar-refractivity contribution in [1.82, 2.24) is 0 Å². The molecule has 0 aromatic heterocycles. The van der Waals surface area contributed by atoms with Crippen LogP contribution < -0.4 is 0 Å². The van der Waals surface area contributed by atoms with Gasteiger partial charge in [-0.05, 0) is 87.9 Å². The van der Waals surface area contributed by atoms with Crippen LogP contribution in [0.2, 0.25) is 0 Å². The topological polar surface area (TPSA) is 52.6 Å². The molecule has 1 aliphatic carbocycles. The van der Waals surface area contributed by atoms with E-state index in [9.17, 15) is 9.59 Å². The first-order chi connectivity index (χ1) is 18.1. The molecule has 0 unspecified atom stereocenters. The van der Waals surface area contributed by atoms with E-state index in [0.29, 0.717) is 24.0 Å². The Kier molecular flexibility index (Phi) is 18.3. The van der Waals surface area contributed by atoms with E-state index in [-0.39, 0.29) is 23.8 Å². The van der Waals surface area contributed by atoms with E-state index in [1.54, 1.807) is 0 Å². The molecule has 38 heavy (non-hydrogen) atoms. The number of carbonyl (C=O) groups excluding carboxylic acids is 2. The summed E-state index contributed by atoms with van der Waals surface area (Å²) in [5, 5.41) is 0. The van der Waals surface area contributed by atoms with Gasteiger partial charge < -0.3 is 9.47 Å². The second-order valence-corrected chi connectivity index (χ2v) is 13.7. The Labute approximate surface area is 236 Å². The number of hydrogen-bond donors (Lipinski definition) is 0. The van der Waals surface area contributed by atoms with Crippen molar-refractivity contribution >= 4 is 11.9 Å². The third-order valence-electron chi connectivity index (χ3n) is 8.79. The van der Waals surface area contributed by atoms with Crippen LogP contribution in [0.3, 0.4) is 0 Å². The van der Waals surface area contributed by atoms with Crippen molar-refractivity contribution in [2.45, 2.75) is 170 Å². The zero-order chi connectivity index (χ0) is 28.3. The Bertz CT molecular complexity index is 562. The van der Waals surface area contributed by atoms with Crippen LogP contribution in [-0.4, -0.2) is 25.2 Å². The van der Waals surface area contributed by atoms with Crippen molar-refractivity contribution in [2.75, 3.05) is 13.2 Å². The summed E-state index contributed by atoms with van der Waals surface area (Å²) in [6.45, 7) is 15.0. The highest BCUT2D eigenvalue weighted by Gasteiger charge is 2.31. The summed E-state index contributed by atoms with van der Waals surface area (Å²) in [4.78, 5) is 25.0. The van der Waals surface area contributed by atoms with Crippen LogP contribution in [0.25, 0.3) is 0 Å². The largest absolute Gasteiger partial charge is 0.465 e. The molecule has 0 atom stereocenters. The van der Waals surface area contributed by atoms with Gasteiger partial charge >= 0.3 is 11.9 Å². The van der Waals surface area contributed by atoms with Crippen LogP contribution in [0.4, 0.5) is 0 Å². The minimum Gasteiger partial charge on any atom is -0.465 e. The van der Waals surface area contributed by atoms with Gasteiger partial charge in [0, 0.05) is 0 Å². The molecule has 4 heteroatoms. The average molecular weight is 537 g/mol. The summed E-state index contributed by atoms with van der Waals surface area (Å²) in [6.07, 6.45) is 22.7. The maximum Gasteiger partial charge on any atom is 0.308 e. The van der Waals surface area contributed by atoms with Crippen LogP contribution in [0.1, 0.15) is 170 Å². The summed E-state index contributed by atoms with van der Waals surface area (Å²) in [7, 11) is 0. The highest BCUT2D eigenvalue weighted by molar-refractivity contribution is 5.75. The van der Waals surface area contributed by atoms with Gasteiger partial charge in [-0.2, -0.15) is 0 Å². The molecule has 1 saturated carbocycles. The molecule has 0 aromatic carbocycles. The third-order valence-corrected chi connectivity index (χ3v) is 8.79. The van der Waals surface area contributed by atoms with Crippen LogP contribution in [0.5, 0.6) is 0 Å². The third kappa shape index (κ3) is 16.8. The van der Waals surface area contributed by atoms with Gasteiger partial charge in [-0.15, -0.1) is 0 Å². The van der Waals surface area contributed by atoms with E-state index in [4.69, 9.17) is 9.47 Å². The van der Waals surface area contributed by atoms with Crippen molar-refractivity contribution in [1.29, 1.82) is 0 Å². The van der Waals surface area contributed by atoms with Crippen LogP contribution in [-0.2, 0) is 19.1 Å². The number of esters is 2. The first kappa shape index (κ1) is 35.0. The lowest BCUT2D eigenvalue weighted by Gasteiger charge is -2.26. The predicted octanol–water partition coefficient (Wildman–Crippen LogP) is 10.2. The Morgan fingerprint density at radius 1 is 0.526 bits per heavy atom. The highest BCUT2D eigenvalue weighted by Crippen LogP contribution is 2.32. The van der Waals surface area contributed by atoms with E-state index in [2.05, 4.69) is 41.5 Å². The first-order valence-corrected chi connectivity index (χ1v) is 16.4.